The van der Waals surface area contributed by atoms with E-state index >= 15 is 0 Å². The van der Waals surface area contributed by atoms with Crippen molar-refractivity contribution in [3.8, 4) is 0 Å². The topological polar surface area (TPSA) is 119 Å². The number of nitrogen functional groups attached to an aromatic ring is 1. The van der Waals surface area contributed by atoms with Gasteiger partial charge < -0.3 is 20.7 Å². The van der Waals surface area contributed by atoms with Crippen molar-refractivity contribution in [2.24, 2.45) is 0 Å². The zero-order chi connectivity index (χ0) is 12.0. The van der Waals surface area contributed by atoms with Gasteiger partial charge in [-0.05, 0) is 0 Å². The maximum Gasteiger partial charge on any atom is 0.178 e. The predicted octanol–water partition coefficient (Wildman–Crippen LogP) is -0.993. The number of anilines is 1. The van der Waals surface area contributed by atoms with Gasteiger partial charge in [0.2, 0.25) is 0 Å². The molecule has 1 aliphatic heterocycles. The lowest BCUT2D eigenvalue weighted by Crippen LogP contribution is -2.42. The van der Waals surface area contributed by atoms with Gasteiger partial charge in [0.05, 0.1) is 6.33 Å². The molecule has 0 aliphatic carbocycles. The lowest BCUT2D eigenvalue weighted by atomic mass is 10.1. The third-order valence-electron chi connectivity index (χ3n) is 2.80. The van der Waals surface area contributed by atoms with E-state index in [4.69, 9.17) is 20.7 Å². The molecule has 1 saturated heterocycles. The molecule has 90 valence electrons. The number of ether oxygens (including phenoxy) is 1. The number of aliphatic hydroxyl groups is 2. The summed E-state index contributed by atoms with van der Waals surface area (Å²) in [6.07, 6.45) is 1.10. The van der Waals surface area contributed by atoms with Crippen LogP contribution in [0.4, 0.5) is 5.82 Å². The molecule has 0 bridgehead atoms. The molecule has 17 heavy (non-hydrogen) atoms. The van der Waals surface area contributed by atoms with E-state index in [9.17, 15) is 0 Å². The maximum absolute atomic E-state index is 8.90. The summed E-state index contributed by atoms with van der Waals surface area (Å²) in [5, 5.41) is 17.8. The summed E-state index contributed by atoms with van der Waals surface area (Å²) >= 11 is 0. The van der Waals surface area contributed by atoms with Gasteiger partial charge in [0.15, 0.2) is 17.8 Å². The standard InChI is InChI=1S/C9H11N5O3/c10-7-6-8(12-2-11-7)14(3-13-6)5-1-4(17-5)9(15)16/h2-5,9,15-16H,1H2,(H2,10,11,12)/t4-,5+/m0/s1. The highest BCUT2D eigenvalue weighted by Crippen LogP contribution is 2.33. The van der Waals surface area contributed by atoms with Gasteiger partial charge in [-0.25, -0.2) is 15.0 Å². The van der Waals surface area contributed by atoms with Crippen LogP contribution in [-0.2, 0) is 4.74 Å². The third-order valence-corrected chi connectivity index (χ3v) is 2.80. The van der Waals surface area contributed by atoms with Gasteiger partial charge in [-0.1, -0.05) is 0 Å². The number of nitrogens with zero attached hydrogens (tertiary/aromatic N) is 4. The van der Waals surface area contributed by atoms with E-state index in [2.05, 4.69) is 15.0 Å². The van der Waals surface area contributed by atoms with Crippen LogP contribution in [0.2, 0.25) is 0 Å². The van der Waals surface area contributed by atoms with Crippen LogP contribution >= 0.6 is 0 Å². The minimum atomic E-state index is -1.46. The Balaban J connectivity index is 1.90. The number of aliphatic hydroxyl groups excluding tert-OH is 1. The first-order valence-corrected chi connectivity index (χ1v) is 5.11. The fourth-order valence-electron chi connectivity index (χ4n) is 1.84. The Labute approximate surface area is 95.7 Å². The molecule has 0 radical (unpaired) electrons. The van der Waals surface area contributed by atoms with Gasteiger partial charge in [0.25, 0.3) is 0 Å². The Bertz CT molecular complexity index is 549. The highest BCUT2D eigenvalue weighted by molar-refractivity contribution is 5.81. The zero-order valence-electron chi connectivity index (χ0n) is 8.76. The van der Waals surface area contributed by atoms with Crippen LogP contribution in [0.15, 0.2) is 12.7 Å². The molecular weight excluding hydrogens is 226 g/mol. The van der Waals surface area contributed by atoms with Crippen molar-refractivity contribution in [2.75, 3.05) is 5.73 Å². The van der Waals surface area contributed by atoms with E-state index in [1.807, 2.05) is 0 Å². The molecule has 2 aromatic heterocycles. The number of hydrogen-bond donors (Lipinski definition) is 3. The smallest absolute Gasteiger partial charge is 0.178 e. The second-order valence-corrected chi connectivity index (χ2v) is 3.86. The lowest BCUT2D eigenvalue weighted by Gasteiger charge is -2.37. The number of imidazole rings is 1. The van der Waals surface area contributed by atoms with Gasteiger partial charge >= 0.3 is 0 Å². The molecule has 0 spiro atoms. The quantitative estimate of drug-likeness (QED) is 0.573. The van der Waals surface area contributed by atoms with Gasteiger partial charge in [0.1, 0.15) is 24.2 Å². The van der Waals surface area contributed by atoms with Crippen molar-refractivity contribution in [1.82, 2.24) is 19.5 Å². The Morgan fingerprint density at radius 1 is 1.41 bits per heavy atom. The molecule has 0 saturated carbocycles. The van der Waals surface area contributed by atoms with E-state index in [1.54, 1.807) is 10.9 Å². The molecule has 0 aromatic carbocycles. The van der Waals surface area contributed by atoms with Crippen LogP contribution in [0.3, 0.4) is 0 Å². The molecule has 8 heteroatoms. The molecule has 2 atom stereocenters. The van der Waals surface area contributed by atoms with E-state index < -0.39 is 12.4 Å². The van der Waals surface area contributed by atoms with Crippen molar-refractivity contribution >= 4 is 17.0 Å². The summed E-state index contributed by atoms with van der Waals surface area (Å²) in [4.78, 5) is 12.0. The van der Waals surface area contributed by atoms with Gasteiger partial charge in [-0.2, -0.15) is 0 Å². The molecule has 3 heterocycles. The highest BCUT2D eigenvalue weighted by atomic mass is 16.6. The predicted molar refractivity (Wildman–Crippen MR) is 56.5 cm³/mol. The molecule has 0 amide bonds. The molecular formula is C9H11N5O3. The Kier molecular flexibility index (Phi) is 2.21. The van der Waals surface area contributed by atoms with Gasteiger partial charge in [-0.15, -0.1) is 0 Å². The minimum absolute atomic E-state index is 0.291. The molecule has 8 nitrogen and oxygen atoms in total. The maximum atomic E-state index is 8.90. The van der Waals surface area contributed by atoms with Crippen LogP contribution in [0.25, 0.3) is 11.2 Å². The number of aromatic nitrogens is 4. The summed E-state index contributed by atoms with van der Waals surface area (Å²) in [6.45, 7) is 0. The second kappa shape index (κ2) is 3.62. The minimum Gasteiger partial charge on any atom is -0.382 e. The van der Waals surface area contributed by atoms with E-state index in [0.717, 1.165) is 0 Å². The Morgan fingerprint density at radius 3 is 2.88 bits per heavy atom. The Hall–Kier alpha value is -1.77. The van der Waals surface area contributed by atoms with Crippen LogP contribution in [-0.4, -0.2) is 42.1 Å². The van der Waals surface area contributed by atoms with Crippen LogP contribution in [0.1, 0.15) is 12.6 Å². The van der Waals surface area contributed by atoms with Crippen molar-refractivity contribution in [1.29, 1.82) is 0 Å². The van der Waals surface area contributed by atoms with E-state index in [0.29, 0.717) is 23.4 Å². The molecule has 1 aliphatic rings. The zero-order valence-corrected chi connectivity index (χ0v) is 8.76. The fraction of sp³-hybridized carbons (Fsp3) is 0.444. The normalized spacial score (nSPS) is 24.2. The summed E-state index contributed by atoms with van der Waals surface area (Å²) in [5.74, 6) is 0.312. The van der Waals surface area contributed by atoms with Crippen molar-refractivity contribution < 1.29 is 14.9 Å². The molecule has 4 N–H and O–H groups in total. The van der Waals surface area contributed by atoms with Crippen molar-refractivity contribution in [3.05, 3.63) is 12.7 Å². The van der Waals surface area contributed by atoms with Gasteiger partial charge in [0, 0.05) is 6.42 Å². The van der Waals surface area contributed by atoms with E-state index in [-0.39, 0.29) is 6.23 Å². The summed E-state index contributed by atoms with van der Waals surface area (Å²) < 4.78 is 7.02. The molecule has 2 aromatic rings. The summed E-state index contributed by atoms with van der Waals surface area (Å²) in [7, 11) is 0. The van der Waals surface area contributed by atoms with Crippen LogP contribution < -0.4 is 5.73 Å². The second-order valence-electron chi connectivity index (χ2n) is 3.86. The average molecular weight is 237 g/mol. The third kappa shape index (κ3) is 1.54. The number of nitrogens with two attached hydrogens (primary N) is 1. The summed E-state index contributed by atoms with van der Waals surface area (Å²) in [6, 6.07) is 0. The van der Waals surface area contributed by atoms with Crippen LogP contribution in [0.5, 0.6) is 0 Å². The van der Waals surface area contributed by atoms with Crippen molar-refractivity contribution in [2.45, 2.75) is 25.0 Å². The molecule has 3 rings (SSSR count). The van der Waals surface area contributed by atoms with E-state index in [1.165, 1.54) is 6.33 Å². The lowest BCUT2D eigenvalue weighted by molar-refractivity contribution is -0.252. The first-order chi connectivity index (χ1) is 8.16. The molecule has 0 unspecified atom stereocenters. The first-order valence-electron chi connectivity index (χ1n) is 5.11. The average Bonchev–Trinajstić information content (AvgIpc) is 2.61. The molecule has 1 fully saturated rings. The largest absolute Gasteiger partial charge is 0.382 e. The number of hydrogen-bond acceptors (Lipinski definition) is 7. The summed E-state index contributed by atoms with van der Waals surface area (Å²) in [5.41, 5.74) is 6.75. The fourth-order valence-corrected chi connectivity index (χ4v) is 1.84. The monoisotopic (exact) mass is 237 g/mol. The van der Waals surface area contributed by atoms with Crippen LogP contribution in [0, 0.1) is 0 Å². The van der Waals surface area contributed by atoms with Crippen molar-refractivity contribution in [3.63, 3.8) is 0 Å². The van der Waals surface area contributed by atoms with Gasteiger partial charge in [-0.3, -0.25) is 4.57 Å². The SMILES string of the molecule is Nc1ncnc2c1ncn2[C@H]1C[C@@H](C(O)O)O1. The first kappa shape index (κ1) is 10.4. The number of fused-ring (bicyclic) bond motifs is 1. The number of rotatable bonds is 2. The highest BCUT2D eigenvalue weighted by Gasteiger charge is 2.36. The Morgan fingerprint density at radius 2 is 2.18 bits per heavy atom.